The van der Waals surface area contributed by atoms with Gasteiger partial charge in [-0.15, -0.1) is 0 Å². The number of pyridine rings is 1. The smallest absolute Gasteiger partial charge is 0.128 e. The summed E-state index contributed by atoms with van der Waals surface area (Å²) in [6.07, 6.45) is 6.15. The minimum Gasteiger partial charge on any atom is -0.389 e. The fraction of sp³-hybridized carbons (Fsp3) is 0.667. The number of rotatable bonds is 8. The fourth-order valence-electron chi connectivity index (χ4n) is 1.87. The number of hydrogen-bond acceptors (Lipinski definition) is 3. The lowest BCUT2D eigenvalue weighted by atomic mass is 10.2. The summed E-state index contributed by atoms with van der Waals surface area (Å²) in [7, 11) is 0. The molecule has 0 amide bonds. The van der Waals surface area contributed by atoms with Crippen LogP contribution in [0.25, 0.3) is 0 Å². The number of anilines is 1. The minimum absolute atomic E-state index is 0.439. The van der Waals surface area contributed by atoms with E-state index in [1.165, 1.54) is 25.7 Å². The summed E-state index contributed by atoms with van der Waals surface area (Å²) in [5.41, 5.74) is 0.879. The molecule has 0 fully saturated rings. The summed E-state index contributed by atoms with van der Waals surface area (Å²) in [5, 5.41) is 9.48. The number of hydrogen-bond donors (Lipinski definition) is 1. The monoisotopic (exact) mass is 250 g/mol. The molecule has 0 unspecified atom stereocenters. The lowest BCUT2D eigenvalue weighted by Gasteiger charge is -2.23. The summed E-state index contributed by atoms with van der Waals surface area (Å²) in [5.74, 6) is 1.03. The molecule has 0 aliphatic carbocycles. The van der Waals surface area contributed by atoms with E-state index in [2.05, 4.69) is 23.7 Å². The number of nitrogens with zero attached hydrogens (tertiary/aromatic N) is 2. The van der Waals surface area contributed by atoms with Crippen molar-refractivity contribution in [1.82, 2.24) is 4.98 Å². The number of unbranched alkanes of at least 4 members (excludes halogenated alkanes) is 2. The van der Waals surface area contributed by atoms with E-state index < -0.39 is 6.10 Å². The molecule has 0 aliphatic rings. The molecule has 0 saturated carbocycles. The van der Waals surface area contributed by atoms with Crippen molar-refractivity contribution < 1.29 is 5.11 Å². The maximum absolute atomic E-state index is 9.48. The van der Waals surface area contributed by atoms with Gasteiger partial charge in [-0.1, -0.05) is 32.8 Å². The molecule has 1 aromatic rings. The molecular formula is C15H26N2O. The van der Waals surface area contributed by atoms with Gasteiger partial charge in [0.15, 0.2) is 0 Å². The number of aliphatic hydroxyl groups is 1. The van der Waals surface area contributed by atoms with E-state index in [1.54, 1.807) is 13.1 Å². The lowest BCUT2D eigenvalue weighted by Crippen LogP contribution is -2.26. The Balaban J connectivity index is 2.70. The molecule has 102 valence electrons. The van der Waals surface area contributed by atoms with Crippen LogP contribution < -0.4 is 4.90 Å². The first-order chi connectivity index (χ1) is 8.69. The van der Waals surface area contributed by atoms with E-state index >= 15 is 0 Å². The average molecular weight is 250 g/mol. The van der Waals surface area contributed by atoms with Crippen LogP contribution >= 0.6 is 0 Å². The predicted molar refractivity (Wildman–Crippen MR) is 76.9 cm³/mol. The minimum atomic E-state index is -0.439. The second-order valence-electron chi connectivity index (χ2n) is 4.82. The quantitative estimate of drug-likeness (QED) is 0.766. The van der Waals surface area contributed by atoms with E-state index in [-0.39, 0.29) is 0 Å². The maximum Gasteiger partial charge on any atom is 0.128 e. The van der Waals surface area contributed by atoms with Crippen molar-refractivity contribution in [3.63, 3.8) is 0 Å². The van der Waals surface area contributed by atoms with Crippen LogP contribution in [0, 0.1) is 0 Å². The van der Waals surface area contributed by atoms with Crippen molar-refractivity contribution in [2.75, 3.05) is 18.0 Å². The van der Waals surface area contributed by atoms with Gasteiger partial charge in [0, 0.05) is 19.3 Å². The average Bonchev–Trinajstić information content (AvgIpc) is 2.39. The van der Waals surface area contributed by atoms with Crippen LogP contribution in [0.15, 0.2) is 18.3 Å². The van der Waals surface area contributed by atoms with Crippen LogP contribution in [0.3, 0.4) is 0 Å². The standard InChI is InChI=1S/C15H26N2O/c1-4-6-10-17(11-7-5-2)15-9-8-14(12-16-15)13(3)18/h8-9,12-13,18H,4-7,10-11H2,1-3H3/t13-/m1/s1. The van der Waals surface area contributed by atoms with Crippen molar-refractivity contribution in [3.8, 4) is 0 Å². The van der Waals surface area contributed by atoms with Crippen molar-refractivity contribution in [3.05, 3.63) is 23.9 Å². The van der Waals surface area contributed by atoms with E-state index in [9.17, 15) is 5.11 Å². The van der Waals surface area contributed by atoms with E-state index in [0.29, 0.717) is 0 Å². The first-order valence-electron chi connectivity index (χ1n) is 7.08. The summed E-state index contributed by atoms with van der Waals surface area (Å²) >= 11 is 0. The summed E-state index contributed by atoms with van der Waals surface area (Å²) < 4.78 is 0. The molecule has 1 N–H and O–H groups in total. The van der Waals surface area contributed by atoms with Crippen LogP contribution in [0.1, 0.15) is 58.1 Å². The molecule has 0 aromatic carbocycles. The highest BCUT2D eigenvalue weighted by molar-refractivity contribution is 5.39. The Morgan fingerprint density at radius 2 is 1.78 bits per heavy atom. The molecule has 0 bridgehead atoms. The molecule has 3 nitrogen and oxygen atoms in total. The third kappa shape index (κ3) is 4.65. The van der Waals surface area contributed by atoms with Crippen molar-refractivity contribution in [2.24, 2.45) is 0 Å². The van der Waals surface area contributed by atoms with Gasteiger partial charge in [0.2, 0.25) is 0 Å². The molecule has 0 radical (unpaired) electrons. The Kier molecular flexibility index (Phi) is 6.73. The normalized spacial score (nSPS) is 12.4. The molecule has 0 aliphatic heterocycles. The van der Waals surface area contributed by atoms with Crippen molar-refractivity contribution in [2.45, 2.75) is 52.6 Å². The van der Waals surface area contributed by atoms with E-state index in [4.69, 9.17) is 0 Å². The molecule has 3 heteroatoms. The van der Waals surface area contributed by atoms with Gasteiger partial charge < -0.3 is 10.0 Å². The Labute approximate surface area is 111 Å². The molecule has 0 saturated heterocycles. The number of aliphatic hydroxyl groups excluding tert-OH is 1. The van der Waals surface area contributed by atoms with Crippen LogP contribution in [0.5, 0.6) is 0 Å². The van der Waals surface area contributed by atoms with Gasteiger partial charge in [0.1, 0.15) is 5.82 Å². The predicted octanol–water partition coefficient (Wildman–Crippen LogP) is 3.54. The molecule has 1 aromatic heterocycles. The Morgan fingerprint density at radius 1 is 1.17 bits per heavy atom. The highest BCUT2D eigenvalue weighted by Crippen LogP contribution is 2.17. The third-order valence-electron chi connectivity index (χ3n) is 3.14. The molecule has 0 spiro atoms. The highest BCUT2D eigenvalue weighted by Gasteiger charge is 2.08. The zero-order chi connectivity index (χ0) is 13.4. The molecule has 1 heterocycles. The third-order valence-corrected chi connectivity index (χ3v) is 3.14. The van der Waals surface area contributed by atoms with Gasteiger partial charge in [0.05, 0.1) is 6.10 Å². The summed E-state index contributed by atoms with van der Waals surface area (Å²) in [6, 6.07) is 3.99. The van der Waals surface area contributed by atoms with Gasteiger partial charge in [-0.25, -0.2) is 4.98 Å². The first kappa shape index (κ1) is 15.0. The maximum atomic E-state index is 9.48. The Hall–Kier alpha value is -1.09. The largest absolute Gasteiger partial charge is 0.389 e. The Bertz CT molecular complexity index is 314. The van der Waals surface area contributed by atoms with Crippen LogP contribution in [0.4, 0.5) is 5.82 Å². The molecule has 1 rings (SSSR count). The van der Waals surface area contributed by atoms with Gasteiger partial charge in [-0.05, 0) is 31.4 Å². The van der Waals surface area contributed by atoms with Crippen LogP contribution in [-0.2, 0) is 0 Å². The SMILES string of the molecule is CCCCN(CCCC)c1ccc([C@@H](C)O)cn1. The van der Waals surface area contributed by atoms with E-state index in [0.717, 1.165) is 24.5 Å². The van der Waals surface area contributed by atoms with Crippen molar-refractivity contribution >= 4 is 5.82 Å². The van der Waals surface area contributed by atoms with Crippen LogP contribution in [0.2, 0.25) is 0 Å². The van der Waals surface area contributed by atoms with Crippen LogP contribution in [-0.4, -0.2) is 23.2 Å². The lowest BCUT2D eigenvalue weighted by molar-refractivity contribution is 0.199. The van der Waals surface area contributed by atoms with Gasteiger partial charge in [-0.3, -0.25) is 0 Å². The highest BCUT2D eigenvalue weighted by atomic mass is 16.3. The first-order valence-corrected chi connectivity index (χ1v) is 7.08. The zero-order valence-electron chi connectivity index (χ0n) is 11.9. The Morgan fingerprint density at radius 3 is 2.17 bits per heavy atom. The molecule has 1 atom stereocenters. The molecular weight excluding hydrogens is 224 g/mol. The second kappa shape index (κ2) is 8.09. The summed E-state index contributed by atoms with van der Waals surface area (Å²) in [6.45, 7) is 8.32. The molecule has 18 heavy (non-hydrogen) atoms. The van der Waals surface area contributed by atoms with Gasteiger partial charge >= 0.3 is 0 Å². The fourth-order valence-corrected chi connectivity index (χ4v) is 1.87. The van der Waals surface area contributed by atoms with Gasteiger partial charge in [0.25, 0.3) is 0 Å². The number of aromatic nitrogens is 1. The zero-order valence-corrected chi connectivity index (χ0v) is 11.9. The topological polar surface area (TPSA) is 36.4 Å². The summed E-state index contributed by atoms with van der Waals surface area (Å²) in [4.78, 5) is 6.82. The van der Waals surface area contributed by atoms with Crippen molar-refractivity contribution in [1.29, 1.82) is 0 Å². The van der Waals surface area contributed by atoms with E-state index in [1.807, 2.05) is 12.1 Å². The second-order valence-corrected chi connectivity index (χ2v) is 4.82. The van der Waals surface area contributed by atoms with Gasteiger partial charge in [-0.2, -0.15) is 0 Å².